The largest absolute Gasteiger partial charge is 0.369 e. The highest BCUT2D eigenvalue weighted by Gasteiger charge is 2.38. The number of halogens is 1. The van der Waals surface area contributed by atoms with Crippen LogP contribution in [0.3, 0.4) is 0 Å². The third-order valence-electron chi connectivity index (χ3n) is 4.56. The van der Waals surface area contributed by atoms with Crippen molar-refractivity contribution in [2.45, 2.75) is 32.7 Å². The molecule has 31 heavy (non-hydrogen) atoms. The first-order valence-electron chi connectivity index (χ1n) is 9.32. The molecule has 2 amide bonds. The molecule has 162 valence electrons. The average Bonchev–Trinajstić information content (AvgIpc) is 2.72. The summed E-state index contributed by atoms with van der Waals surface area (Å²) in [6, 6.07) is 4.01. The standard InChI is InChI=1S/C20H22FN7O3/c1-11(2)27-31-16-10-23-15(9-24-16)18(30)25-12-5-6-14(21)13(7-12)20(3)8-17(29)28(4)19(22)26-20/h5-7,9-10H,8H2,1-4H3,(H2,22,26)(H,25,30). The minimum absolute atomic E-state index is 0.00669. The first-order valence-corrected chi connectivity index (χ1v) is 9.32. The van der Waals surface area contributed by atoms with Crippen LogP contribution in [0.4, 0.5) is 10.1 Å². The molecule has 1 aliphatic rings. The molecule has 1 aromatic heterocycles. The van der Waals surface area contributed by atoms with Crippen LogP contribution in [0.15, 0.2) is 40.7 Å². The summed E-state index contributed by atoms with van der Waals surface area (Å²) in [6.07, 6.45) is 2.43. The predicted octanol–water partition coefficient (Wildman–Crippen LogP) is 2.03. The Balaban J connectivity index is 1.81. The van der Waals surface area contributed by atoms with Crippen molar-refractivity contribution >= 4 is 29.2 Å². The highest BCUT2D eigenvalue weighted by molar-refractivity contribution is 6.03. The van der Waals surface area contributed by atoms with Gasteiger partial charge in [-0.25, -0.2) is 19.4 Å². The van der Waals surface area contributed by atoms with Crippen molar-refractivity contribution in [1.82, 2.24) is 14.9 Å². The summed E-state index contributed by atoms with van der Waals surface area (Å²) < 4.78 is 14.6. The lowest BCUT2D eigenvalue weighted by atomic mass is 9.87. The molecule has 0 saturated carbocycles. The van der Waals surface area contributed by atoms with Crippen molar-refractivity contribution in [2.75, 3.05) is 12.4 Å². The van der Waals surface area contributed by atoms with Gasteiger partial charge in [-0.2, -0.15) is 0 Å². The van der Waals surface area contributed by atoms with Crippen molar-refractivity contribution in [2.24, 2.45) is 15.9 Å². The van der Waals surface area contributed by atoms with Gasteiger partial charge in [0.1, 0.15) is 11.5 Å². The fraction of sp³-hybridized carbons (Fsp3) is 0.300. The quantitative estimate of drug-likeness (QED) is 0.554. The smallest absolute Gasteiger partial charge is 0.275 e. The molecular formula is C20H22FN7O3. The molecule has 3 N–H and O–H groups in total. The number of nitrogens with zero attached hydrogens (tertiary/aromatic N) is 5. The van der Waals surface area contributed by atoms with Crippen molar-refractivity contribution in [3.8, 4) is 5.88 Å². The van der Waals surface area contributed by atoms with Gasteiger partial charge in [0, 0.05) is 18.3 Å². The van der Waals surface area contributed by atoms with E-state index in [0.717, 1.165) is 0 Å². The van der Waals surface area contributed by atoms with Crippen molar-refractivity contribution in [1.29, 1.82) is 0 Å². The number of nitrogens with one attached hydrogen (secondary N) is 1. The maximum Gasteiger partial charge on any atom is 0.275 e. The van der Waals surface area contributed by atoms with E-state index in [1.165, 1.54) is 42.5 Å². The molecule has 1 aromatic carbocycles. The molecule has 10 nitrogen and oxygen atoms in total. The Kier molecular flexibility index (Phi) is 5.95. The summed E-state index contributed by atoms with van der Waals surface area (Å²) in [5.74, 6) is -1.28. The van der Waals surface area contributed by atoms with Crippen LogP contribution in [0.2, 0.25) is 0 Å². The van der Waals surface area contributed by atoms with Gasteiger partial charge in [0.25, 0.3) is 11.8 Å². The predicted molar refractivity (Wildman–Crippen MR) is 112 cm³/mol. The van der Waals surface area contributed by atoms with E-state index in [2.05, 4.69) is 25.4 Å². The number of oxime groups is 1. The number of aliphatic imine (C=N–C) groups is 1. The maximum atomic E-state index is 14.6. The number of nitrogens with two attached hydrogens (primary N) is 1. The van der Waals surface area contributed by atoms with Crippen molar-refractivity contribution in [3.05, 3.63) is 47.7 Å². The summed E-state index contributed by atoms with van der Waals surface area (Å²) >= 11 is 0. The number of aromatic nitrogens is 2. The third kappa shape index (κ3) is 4.82. The van der Waals surface area contributed by atoms with Gasteiger partial charge in [0.2, 0.25) is 5.91 Å². The minimum atomic E-state index is -1.20. The van der Waals surface area contributed by atoms with Gasteiger partial charge in [-0.05, 0) is 39.0 Å². The fourth-order valence-electron chi connectivity index (χ4n) is 2.89. The Hall–Kier alpha value is -3.89. The highest BCUT2D eigenvalue weighted by atomic mass is 19.1. The second-order valence-electron chi connectivity index (χ2n) is 7.39. The Morgan fingerprint density at radius 2 is 2.06 bits per heavy atom. The molecule has 3 rings (SSSR count). The molecule has 0 saturated heterocycles. The molecule has 1 aliphatic heterocycles. The van der Waals surface area contributed by atoms with Gasteiger partial charge in [0.05, 0.1) is 30.1 Å². The second kappa shape index (κ2) is 8.46. The Morgan fingerprint density at radius 1 is 1.32 bits per heavy atom. The Morgan fingerprint density at radius 3 is 2.68 bits per heavy atom. The van der Waals surface area contributed by atoms with Crippen molar-refractivity contribution < 1.29 is 18.8 Å². The molecule has 11 heteroatoms. The number of guanidine groups is 1. The van der Waals surface area contributed by atoms with Gasteiger partial charge in [-0.15, -0.1) is 0 Å². The van der Waals surface area contributed by atoms with E-state index in [4.69, 9.17) is 10.6 Å². The van der Waals surface area contributed by atoms with Crippen LogP contribution in [-0.4, -0.2) is 45.4 Å². The monoisotopic (exact) mass is 427 g/mol. The van der Waals surface area contributed by atoms with E-state index in [9.17, 15) is 14.0 Å². The molecule has 1 atom stereocenters. The third-order valence-corrected chi connectivity index (χ3v) is 4.56. The Bertz CT molecular complexity index is 1080. The number of carbonyl (C=O) groups excluding carboxylic acids is 2. The SMILES string of the molecule is CC(C)=NOc1cnc(C(=O)Nc2ccc(F)c(C3(C)CC(=O)N(C)C(N)=N3)c2)cn1. The summed E-state index contributed by atoms with van der Waals surface area (Å²) in [5, 5.41) is 6.38. The molecule has 2 heterocycles. The molecule has 0 spiro atoms. The van der Waals surface area contributed by atoms with E-state index >= 15 is 0 Å². The first-order chi connectivity index (χ1) is 14.6. The van der Waals surface area contributed by atoms with Gasteiger partial charge in [0.15, 0.2) is 5.96 Å². The normalized spacial score (nSPS) is 18.3. The maximum absolute atomic E-state index is 14.6. The fourth-order valence-corrected chi connectivity index (χ4v) is 2.89. The van der Waals surface area contributed by atoms with E-state index < -0.39 is 17.3 Å². The molecule has 1 unspecified atom stereocenters. The average molecular weight is 427 g/mol. The number of anilines is 1. The van der Waals surface area contributed by atoms with Crippen LogP contribution in [0.5, 0.6) is 5.88 Å². The molecule has 0 fully saturated rings. The van der Waals surface area contributed by atoms with E-state index in [1.54, 1.807) is 20.8 Å². The number of hydrogen-bond acceptors (Lipinski definition) is 8. The summed E-state index contributed by atoms with van der Waals surface area (Å²) in [4.78, 5) is 43.2. The molecule has 0 aliphatic carbocycles. The zero-order chi connectivity index (χ0) is 22.8. The number of hydrogen-bond donors (Lipinski definition) is 2. The first kappa shape index (κ1) is 21.8. The van der Waals surface area contributed by atoms with Crippen LogP contribution in [0, 0.1) is 5.82 Å². The lowest BCUT2D eigenvalue weighted by Crippen LogP contribution is -2.47. The van der Waals surface area contributed by atoms with E-state index in [-0.39, 0.29) is 35.4 Å². The van der Waals surface area contributed by atoms with Crippen LogP contribution < -0.4 is 15.9 Å². The summed E-state index contributed by atoms with van der Waals surface area (Å²) in [6.45, 7) is 5.13. The summed E-state index contributed by atoms with van der Waals surface area (Å²) in [7, 11) is 1.50. The van der Waals surface area contributed by atoms with Crippen LogP contribution in [-0.2, 0) is 10.3 Å². The van der Waals surface area contributed by atoms with Crippen LogP contribution in [0.25, 0.3) is 0 Å². The lowest BCUT2D eigenvalue weighted by Gasteiger charge is -2.34. The highest BCUT2D eigenvalue weighted by Crippen LogP contribution is 2.35. The van der Waals surface area contributed by atoms with Crippen LogP contribution in [0.1, 0.15) is 43.2 Å². The number of carbonyl (C=O) groups is 2. The topological polar surface area (TPSA) is 135 Å². The molecule has 0 radical (unpaired) electrons. The second-order valence-corrected chi connectivity index (χ2v) is 7.39. The minimum Gasteiger partial charge on any atom is -0.369 e. The van der Waals surface area contributed by atoms with E-state index in [1.807, 2.05) is 0 Å². The zero-order valence-corrected chi connectivity index (χ0v) is 17.5. The molecule has 2 aromatic rings. The number of rotatable bonds is 5. The van der Waals surface area contributed by atoms with Gasteiger partial charge < -0.3 is 15.9 Å². The summed E-state index contributed by atoms with van der Waals surface area (Å²) in [5.41, 5.74) is 5.77. The van der Waals surface area contributed by atoms with Gasteiger partial charge >= 0.3 is 0 Å². The number of benzene rings is 1. The lowest BCUT2D eigenvalue weighted by molar-refractivity contribution is -0.128. The molecule has 0 bridgehead atoms. The van der Waals surface area contributed by atoms with Crippen LogP contribution >= 0.6 is 0 Å². The van der Waals surface area contributed by atoms with Gasteiger partial charge in [-0.1, -0.05) is 5.16 Å². The van der Waals surface area contributed by atoms with Crippen molar-refractivity contribution in [3.63, 3.8) is 0 Å². The molecular weight excluding hydrogens is 405 g/mol. The number of amides is 2. The van der Waals surface area contributed by atoms with Gasteiger partial charge in [-0.3, -0.25) is 14.5 Å². The zero-order valence-electron chi connectivity index (χ0n) is 17.5. The van der Waals surface area contributed by atoms with E-state index in [0.29, 0.717) is 11.4 Å². The Labute approximate surface area is 178 Å².